The van der Waals surface area contributed by atoms with Gasteiger partial charge in [-0.25, -0.2) is 19.8 Å². The van der Waals surface area contributed by atoms with Gasteiger partial charge in [-0.05, 0) is 120 Å². The van der Waals surface area contributed by atoms with Crippen LogP contribution in [0.5, 0.6) is 0 Å². The number of hydrogen-bond donors (Lipinski definition) is 0. The highest BCUT2D eigenvalue weighted by molar-refractivity contribution is 7.25. The largest absolute Gasteiger partial charge is 0.238 e. The number of hydrogen-bond acceptors (Lipinski definition) is 4. The van der Waals surface area contributed by atoms with Gasteiger partial charge < -0.3 is 0 Å². The number of fused-ring (bicyclic) bond motifs is 13. The maximum Gasteiger partial charge on any atom is 0.187 e. The zero-order valence-electron chi connectivity index (χ0n) is 34.3. The minimum Gasteiger partial charge on any atom is -0.238 e. The summed E-state index contributed by atoms with van der Waals surface area (Å²) < 4.78 is 2.31. The molecule has 1 spiro atoms. The topological polar surface area (TPSA) is 43.0 Å². The predicted molar refractivity (Wildman–Crippen MR) is 262 cm³/mol. The van der Waals surface area contributed by atoms with Crippen LogP contribution in [0.4, 0.5) is 5.69 Å². The lowest BCUT2D eigenvalue weighted by molar-refractivity contribution is 0.794. The summed E-state index contributed by atoms with van der Waals surface area (Å²) >= 11 is 1.73. The zero-order valence-corrected chi connectivity index (χ0v) is 35.1. The highest BCUT2D eigenvalue weighted by Gasteiger charge is 2.51. The molecule has 0 N–H and O–H groups in total. The Hall–Kier alpha value is -8.30. The van der Waals surface area contributed by atoms with Crippen molar-refractivity contribution in [3.05, 3.63) is 240 Å². The molecule has 0 unspecified atom stereocenters. The van der Waals surface area contributed by atoms with Crippen LogP contribution in [0.15, 0.2) is 206 Å². The van der Waals surface area contributed by atoms with E-state index in [0.717, 1.165) is 53.6 Å². The van der Waals surface area contributed by atoms with E-state index in [1.54, 1.807) is 11.3 Å². The van der Waals surface area contributed by atoms with Gasteiger partial charge in [0.15, 0.2) is 23.2 Å². The fourth-order valence-corrected chi connectivity index (χ4v) is 11.4. The number of benzene rings is 9. The van der Waals surface area contributed by atoms with E-state index in [2.05, 4.69) is 163 Å². The summed E-state index contributed by atoms with van der Waals surface area (Å²) in [6.07, 6.45) is 0. The van der Waals surface area contributed by atoms with Crippen molar-refractivity contribution in [2.45, 2.75) is 5.41 Å². The molecule has 2 aliphatic carbocycles. The quantitative estimate of drug-likeness (QED) is 0.162. The van der Waals surface area contributed by atoms with Gasteiger partial charge in [-0.2, -0.15) is 0 Å². The minimum absolute atomic E-state index is 0.358. The van der Waals surface area contributed by atoms with Crippen LogP contribution in [0.25, 0.3) is 104 Å². The molecule has 9 aromatic carbocycles. The summed E-state index contributed by atoms with van der Waals surface area (Å²) in [5.41, 5.74) is 18.1. The van der Waals surface area contributed by atoms with Gasteiger partial charge in [0.25, 0.3) is 0 Å². The molecular formula is C59H34N4S. The van der Waals surface area contributed by atoms with Gasteiger partial charge in [0.1, 0.15) is 0 Å². The van der Waals surface area contributed by atoms with Crippen molar-refractivity contribution in [1.82, 2.24) is 15.0 Å². The molecule has 2 heterocycles. The highest BCUT2D eigenvalue weighted by Crippen LogP contribution is 2.63. The Labute approximate surface area is 374 Å². The summed E-state index contributed by atoms with van der Waals surface area (Å²) in [6, 6.07) is 73.7. The van der Waals surface area contributed by atoms with Crippen molar-refractivity contribution in [3.8, 4) is 78.7 Å². The van der Waals surface area contributed by atoms with Gasteiger partial charge in [0.2, 0.25) is 0 Å². The Morgan fingerprint density at radius 1 is 0.344 bits per heavy atom. The average Bonchev–Trinajstić information content (AvgIpc) is 4.00. The van der Waals surface area contributed by atoms with Crippen molar-refractivity contribution >= 4 is 37.2 Å². The Balaban J connectivity index is 0.902. The molecule has 0 saturated carbocycles. The molecular weight excluding hydrogens is 797 g/mol. The summed E-state index contributed by atoms with van der Waals surface area (Å²) in [6.45, 7) is 7.60. The first-order chi connectivity index (χ1) is 31.6. The third-order valence-corrected chi connectivity index (χ3v) is 14.3. The van der Waals surface area contributed by atoms with Crippen LogP contribution in [0, 0.1) is 6.57 Å². The van der Waals surface area contributed by atoms with E-state index in [1.807, 2.05) is 48.5 Å². The van der Waals surface area contributed by atoms with Crippen molar-refractivity contribution < 1.29 is 0 Å². The summed E-state index contributed by atoms with van der Waals surface area (Å²) in [5.74, 6) is 1.82. The van der Waals surface area contributed by atoms with Crippen LogP contribution in [0.1, 0.15) is 22.3 Å². The molecule has 0 bridgehead atoms. The Morgan fingerprint density at radius 2 is 0.781 bits per heavy atom. The van der Waals surface area contributed by atoms with Crippen molar-refractivity contribution in [2.24, 2.45) is 0 Å². The third kappa shape index (κ3) is 5.43. The van der Waals surface area contributed by atoms with Gasteiger partial charge in [0.05, 0.1) is 12.0 Å². The first-order valence-electron chi connectivity index (χ1n) is 21.4. The van der Waals surface area contributed by atoms with Gasteiger partial charge in [-0.1, -0.05) is 164 Å². The molecule has 2 aromatic heterocycles. The molecule has 0 fully saturated rings. The predicted octanol–water partition coefficient (Wildman–Crippen LogP) is 15.5. The smallest absolute Gasteiger partial charge is 0.187 e. The molecule has 0 aliphatic heterocycles. The first kappa shape index (κ1) is 36.4. The molecule has 11 aromatic rings. The molecule has 0 saturated heterocycles. The number of aromatic nitrogens is 3. The standard InChI is InChI=1S/C59H34N4S/c1-60-43-27-30-55-49(35-43)48-34-42(26-29-54(48)64-55)58-62-56(36-13-3-2-4-14-36)61-57(63-58)41-18-12-17-39(32-41)37-15-11-16-38(31-37)40-25-28-53-47(33-40)46-21-7-10-24-52(46)59(53)50-22-8-5-19-44(50)45-20-6-9-23-51(45)59/h2-35H. The fraction of sp³-hybridized carbons (Fsp3) is 0.0169. The van der Waals surface area contributed by atoms with Crippen LogP contribution in [0.2, 0.25) is 0 Å². The second kappa shape index (κ2) is 14.1. The normalized spacial score (nSPS) is 12.8. The maximum atomic E-state index is 7.60. The van der Waals surface area contributed by atoms with Crippen LogP contribution in [-0.4, -0.2) is 15.0 Å². The lowest BCUT2D eigenvalue weighted by Crippen LogP contribution is -2.25. The van der Waals surface area contributed by atoms with Gasteiger partial charge in [0, 0.05) is 26.1 Å². The van der Waals surface area contributed by atoms with E-state index in [-0.39, 0.29) is 5.41 Å². The van der Waals surface area contributed by atoms with Gasteiger partial charge in [-0.15, -0.1) is 11.3 Å². The lowest BCUT2D eigenvalue weighted by Gasteiger charge is -2.30. The molecule has 4 nitrogen and oxygen atoms in total. The summed E-state index contributed by atoms with van der Waals surface area (Å²) in [4.78, 5) is 19.0. The molecule has 0 radical (unpaired) electrons. The maximum absolute atomic E-state index is 7.60. The third-order valence-electron chi connectivity index (χ3n) is 13.2. The fourth-order valence-electron chi connectivity index (χ4n) is 10.3. The number of rotatable bonds is 5. The molecule has 0 atom stereocenters. The second-order valence-electron chi connectivity index (χ2n) is 16.6. The van der Waals surface area contributed by atoms with E-state index in [1.165, 1.54) is 50.1 Å². The van der Waals surface area contributed by atoms with E-state index in [0.29, 0.717) is 23.2 Å². The highest BCUT2D eigenvalue weighted by atomic mass is 32.1. The van der Waals surface area contributed by atoms with E-state index in [4.69, 9.17) is 21.5 Å². The zero-order chi connectivity index (χ0) is 42.4. The van der Waals surface area contributed by atoms with E-state index in [9.17, 15) is 0 Å². The lowest BCUT2D eigenvalue weighted by atomic mass is 9.70. The Morgan fingerprint density at radius 3 is 1.41 bits per heavy atom. The average molecular weight is 831 g/mol. The van der Waals surface area contributed by atoms with E-state index >= 15 is 0 Å². The molecule has 13 rings (SSSR count). The SMILES string of the molecule is [C-]#[N+]c1ccc2sc3ccc(-c4nc(-c5ccccc5)nc(-c5cccc(-c6cccc(-c7ccc8c(c7)-c7ccccc7C87c8ccccc8-c8ccccc87)c6)c5)n4)cc3c2c1. The van der Waals surface area contributed by atoms with Crippen LogP contribution in [0.3, 0.4) is 0 Å². The number of nitrogens with zero attached hydrogens (tertiary/aromatic N) is 4. The van der Waals surface area contributed by atoms with Crippen molar-refractivity contribution in [3.63, 3.8) is 0 Å². The van der Waals surface area contributed by atoms with Crippen molar-refractivity contribution in [1.29, 1.82) is 0 Å². The molecule has 2 aliphatic rings. The monoisotopic (exact) mass is 830 g/mol. The van der Waals surface area contributed by atoms with Crippen LogP contribution >= 0.6 is 11.3 Å². The molecule has 0 amide bonds. The first-order valence-corrected chi connectivity index (χ1v) is 22.3. The van der Waals surface area contributed by atoms with E-state index < -0.39 is 0 Å². The van der Waals surface area contributed by atoms with Crippen LogP contribution in [-0.2, 0) is 5.41 Å². The molecule has 296 valence electrons. The van der Waals surface area contributed by atoms with Crippen LogP contribution < -0.4 is 0 Å². The summed E-state index contributed by atoms with van der Waals surface area (Å²) in [7, 11) is 0. The van der Waals surface area contributed by atoms with Gasteiger partial charge >= 0.3 is 0 Å². The van der Waals surface area contributed by atoms with Crippen molar-refractivity contribution in [2.75, 3.05) is 0 Å². The minimum atomic E-state index is -0.358. The Bertz CT molecular complexity index is 3720. The molecule has 5 heteroatoms. The molecule has 64 heavy (non-hydrogen) atoms. The second-order valence-corrected chi connectivity index (χ2v) is 17.7. The Kier molecular flexibility index (Phi) is 8.02. The summed E-state index contributed by atoms with van der Waals surface area (Å²) in [5, 5.41) is 2.16. The van der Waals surface area contributed by atoms with Gasteiger partial charge in [-0.3, -0.25) is 0 Å². The number of thiophene rings is 1.